The van der Waals surface area contributed by atoms with Crippen molar-refractivity contribution < 1.29 is 13.6 Å². The quantitative estimate of drug-likeness (QED) is 0.134. The van der Waals surface area contributed by atoms with Crippen molar-refractivity contribution in [2.24, 2.45) is 11.8 Å². The van der Waals surface area contributed by atoms with Crippen molar-refractivity contribution in [2.45, 2.75) is 97.1 Å². The molecule has 12 nitrogen and oxygen atoms in total. The largest absolute Gasteiger partial charge is 0.368 e. The van der Waals surface area contributed by atoms with E-state index in [4.69, 9.17) is 19.8 Å². The van der Waals surface area contributed by atoms with Crippen LogP contribution in [0.25, 0.3) is 0 Å². The SMILES string of the molecule is CCOP(=O)(CCN1CCN(c2nc(N)nc(NCC3CCC(CNCCCNC4CCCCC4)CC3)n2)C[C@H]1C)OCC. The normalized spacial score (nSPS) is 24.1. The second-order valence-corrected chi connectivity index (χ2v) is 15.1. The van der Waals surface area contributed by atoms with Crippen molar-refractivity contribution in [3.05, 3.63) is 0 Å². The third kappa shape index (κ3) is 11.7. The van der Waals surface area contributed by atoms with E-state index in [1.165, 1.54) is 64.2 Å². The van der Waals surface area contributed by atoms with Crippen LogP contribution in [-0.2, 0) is 13.6 Å². The van der Waals surface area contributed by atoms with Gasteiger partial charge in [0.25, 0.3) is 0 Å². The maximum atomic E-state index is 12.9. The molecule has 2 aliphatic carbocycles. The van der Waals surface area contributed by atoms with Crippen LogP contribution < -0.4 is 26.6 Å². The molecule has 1 aromatic rings. The Balaban J connectivity index is 1.13. The fraction of sp³-hybridized carbons (Fsp3) is 0.903. The van der Waals surface area contributed by atoms with E-state index in [2.05, 4.69) is 42.6 Å². The summed E-state index contributed by atoms with van der Waals surface area (Å²) in [6.45, 7) is 13.9. The van der Waals surface area contributed by atoms with Crippen LogP contribution in [0.4, 0.5) is 17.8 Å². The molecule has 1 aliphatic heterocycles. The van der Waals surface area contributed by atoms with E-state index in [-0.39, 0.29) is 12.0 Å². The summed E-state index contributed by atoms with van der Waals surface area (Å²) >= 11 is 0. The number of aromatic nitrogens is 3. The smallest absolute Gasteiger partial charge is 0.331 e. The highest BCUT2D eigenvalue weighted by Gasteiger charge is 2.30. The lowest BCUT2D eigenvalue weighted by molar-refractivity contribution is 0.183. The molecule has 0 bridgehead atoms. The first-order valence-corrected chi connectivity index (χ1v) is 19.2. The van der Waals surface area contributed by atoms with E-state index in [0.717, 1.165) is 57.8 Å². The lowest BCUT2D eigenvalue weighted by Gasteiger charge is -2.40. The van der Waals surface area contributed by atoms with Crippen LogP contribution in [-0.4, -0.2) is 104 Å². The summed E-state index contributed by atoms with van der Waals surface area (Å²) in [4.78, 5) is 18.1. The summed E-state index contributed by atoms with van der Waals surface area (Å²) in [5.41, 5.74) is 6.11. The zero-order valence-electron chi connectivity index (χ0n) is 27.6. The van der Waals surface area contributed by atoms with E-state index in [0.29, 0.717) is 43.7 Å². The van der Waals surface area contributed by atoms with Crippen LogP contribution in [0.3, 0.4) is 0 Å². The molecule has 4 rings (SSSR count). The highest BCUT2D eigenvalue weighted by Crippen LogP contribution is 2.47. The topological polar surface area (TPSA) is 143 Å². The molecule has 1 saturated heterocycles. The molecule has 5 N–H and O–H groups in total. The van der Waals surface area contributed by atoms with Crippen LogP contribution >= 0.6 is 7.60 Å². The van der Waals surface area contributed by atoms with Gasteiger partial charge in [-0.3, -0.25) is 9.46 Å². The van der Waals surface area contributed by atoms with Crippen molar-refractivity contribution in [3.8, 4) is 0 Å². The summed E-state index contributed by atoms with van der Waals surface area (Å²) in [6.07, 6.45) is 13.6. The molecule has 0 aromatic carbocycles. The molecule has 0 amide bonds. The summed E-state index contributed by atoms with van der Waals surface area (Å²) in [6, 6.07) is 0.997. The second-order valence-electron chi connectivity index (χ2n) is 12.9. The van der Waals surface area contributed by atoms with Gasteiger partial charge < -0.3 is 35.6 Å². The zero-order chi connectivity index (χ0) is 31.2. The van der Waals surface area contributed by atoms with Crippen LogP contribution in [0.5, 0.6) is 0 Å². The first kappa shape index (κ1) is 35.3. The predicted molar refractivity (Wildman–Crippen MR) is 180 cm³/mol. The van der Waals surface area contributed by atoms with E-state index in [9.17, 15) is 4.57 Å². The third-order valence-corrected chi connectivity index (χ3v) is 11.6. The predicted octanol–water partition coefficient (Wildman–Crippen LogP) is 4.35. The van der Waals surface area contributed by atoms with Gasteiger partial charge in [0.05, 0.1) is 19.4 Å². The standard InChI is InChI=1S/C31H60N9O3P/c1-4-42-44(41,43-5-2)21-20-39-18-19-40(24-25(39)3)31-37-29(32)36-30(38-31)35-23-27-14-12-26(13-15-27)22-33-16-9-17-34-28-10-7-6-8-11-28/h25-28,33-34H,4-24H2,1-3H3,(H3,32,35,36,37,38)/t25-,26?,27?/m1/s1. The number of anilines is 3. The van der Waals surface area contributed by atoms with Crippen LogP contribution in [0.2, 0.25) is 0 Å². The molecule has 44 heavy (non-hydrogen) atoms. The fourth-order valence-electron chi connectivity index (χ4n) is 6.93. The summed E-state index contributed by atoms with van der Waals surface area (Å²) in [7, 11) is -3.05. The molecule has 3 aliphatic rings. The van der Waals surface area contributed by atoms with E-state index < -0.39 is 7.60 Å². The van der Waals surface area contributed by atoms with Crippen LogP contribution in [0, 0.1) is 11.8 Å². The van der Waals surface area contributed by atoms with Crippen molar-refractivity contribution in [2.75, 3.05) is 87.7 Å². The van der Waals surface area contributed by atoms with Crippen molar-refractivity contribution in [1.29, 1.82) is 0 Å². The second kappa shape index (κ2) is 18.6. The molecule has 0 unspecified atom stereocenters. The Morgan fingerprint density at radius 1 is 0.909 bits per heavy atom. The molecule has 0 spiro atoms. The Hall–Kier alpha value is -1.56. The maximum absolute atomic E-state index is 12.9. The number of nitrogens with two attached hydrogens (primary N) is 1. The highest BCUT2D eigenvalue weighted by atomic mass is 31.2. The van der Waals surface area contributed by atoms with E-state index in [1.54, 1.807) is 0 Å². The minimum absolute atomic E-state index is 0.234. The number of rotatable bonds is 18. The molecule has 252 valence electrons. The molecule has 2 heterocycles. The monoisotopic (exact) mass is 637 g/mol. The maximum Gasteiger partial charge on any atom is 0.331 e. The first-order chi connectivity index (χ1) is 21.4. The highest BCUT2D eigenvalue weighted by molar-refractivity contribution is 7.53. The van der Waals surface area contributed by atoms with Crippen molar-refractivity contribution in [1.82, 2.24) is 30.5 Å². The van der Waals surface area contributed by atoms with Gasteiger partial charge in [0, 0.05) is 44.8 Å². The first-order valence-electron chi connectivity index (χ1n) is 17.4. The van der Waals surface area contributed by atoms with Gasteiger partial charge in [0.2, 0.25) is 17.8 Å². The Labute approximate surface area is 265 Å². The average Bonchev–Trinajstić information content (AvgIpc) is 3.02. The lowest BCUT2D eigenvalue weighted by atomic mass is 9.82. The minimum Gasteiger partial charge on any atom is -0.368 e. The van der Waals surface area contributed by atoms with E-state index >= 15 is 0 Å². The molecule has 13 heteroatoms. The minimum atomic E-state index is -3.05. The van der Waals surface area contributed by atoms with Crippen LogP contribution in [0.1, 0.15) is 85.0 Å². The molecule has 1 atom stereocenters. The van der Waals surface area contributed by atoms with Gasteiger partial charge in [-0.25, -0.2) is 0 Å². The number of hydrogen-bond acceptors (Lipinski definition) is 12. The number of nitrogens with one attached hydrogen (secondary N) is 3. The molecule has 1 aromatic heterocycles. The van der Waals surface area contributed by atoms with Crippen molar-refractivity contribution >= 4 is 25.4 Å². The molecule has 2 saturated carbocycles. The van der Waals surface area contributed by atoms with Gasteiger partial charge in [-0.15, -0.1) is 0 Å². The number of nitrogens with zero attached hydrogens (tertiary/aromatic N) is 5. The summed E-state index contributed by atoms with van der Waals surface area (Å²) < 4.78 is 23.8. The fourth-order valence-corrected chi connectivity index (χ4v) is 8.55. The Morgan fingerprint density at radius 3 is 2.30 bits per heavy atom. The molecular formula is C31H60N9O3P. The van der Waals surface area contributed by atoms with Crippen LogP contribution in [0.15, 0.2) is 0 Å². The molecular weight excluding hydrogens is 577 g/mol. The zero-order valence-corrected chi connectivity index (χ0v) is 28.5. The number of hydrogen-bond donors (Lipinski definition) is 4. The summed E-state index contributed by atoms with van der Waals surface area (Å²) in [5, 5.41) is 10.9. The van der Waals surface area contributed by atoms with E-state index in [1.807, 2.05) is 13.8 Å². The van der Waals surface area contributed by atoms with Gasteiger partial charge >= 0.3 is 7.60 Å². The number of piperazine rings is 1. The average molecular weight is 638 g/mol. The molecule has 0 radical (unpaired) electrons. The molecule has 3 fully saturated rings. The van der Waals surface area contributed by atoms with Gasteiger partial charge in [0.15, 0.2) is 0 Å². The third-order valence-electron chi connectivity index (χ3n) is 9.52. The Kier molecular flexibility index (Phi) is 14.9. The van der Waals surface area contributed by atoms with Gasteiger partial charge in [-0.1, -0.05) is 19.3 Å². The number of nitrogen functional groups attached to an aromatic ring is 1. The Bertz CT molecular complexity index is 998. The summed E-state index contributed by atoms with van der Waals surface area (Å²) in [5.74, 6) is 2.82. The Morgan fingerprint density at radius 2 is 1.61 bits per heavy atom. The van der Waals surface area contributed by atoms with Gasteiger partial charge in [-0.05, 0) is 97.2 Å². The van der Waals surface area contributed by atoms with Gasteiger partial charge in [0.1, 0.15) is 0 Å². The van der Waals surface area contributed by atoms with Crippen molar-refractivity contribution in [3.63, 3.8) is 0 Å². The lowest BCUT2D eigenvalue weighted by Crippen LogP contribution is -2.53. The van der Waals surface area contributed by atoms with Gasteiger partial charge in [-0.2, -0.15) is 15.0 Å².